The van der Waals surface area contributed by atoms with E-state index in [1.54, 1.807) is 0 Å². The molecule has 0 aliphatic rings. The van der Waals surface area contributed by atoms with Crippen LogP contribution in [0.5, 0.6) is 0 Å². The third kappa shape index (κ3) is 7.82. The maximum absolute atomic E-state index is 10.4. The van der Waals surface area contributed by atoms with E-state index in [0.29, 0.717) is 6.54 Å². The first-order chi connectivity index (χ1) is 4.42. The summed E-state index contributed by atoms with van der Waals surface area (Å²) in [5.74, 6) is 0.0255. The van der Waals surface area contributed by atoms with Crippen molar-refractivity contribution in [1.82, 2.24) is 5.32 Å². The van der Waals surface area contributed by atoms with E-state index in [1.165, 1.54) is 6.92 Å². The molecule has 3 heteroatoms. The molecular weight excluding hydrogens is 146 g/mol. The van der Waals surface area contributed by atoms with Gasteiger partial charge < -0.3 is 5.32 Å². The Labute approximate surface area is 67.8 Å². The first-order valence-electron chi connectivity index (χ1n) is 3.38. The smallest absolute Gasteiger partial charge is 0.216 e. The van der Waals surface area contributed by atoms with Crippen LogP contribution in [0.4, 0.5) is 0 Å². The number of carbonyl (C=O) groups excluding carboxylic acids is 1. The lowest BCUT2D eigenvalue weighted by atomic mass is 10.1. The number of hydrogen-bond donors (Lipinski definition) is 2. The van der Waals surface area contributed by atoms with Gasteiger partial charge in [-0.15, -0.1) is 0 Å². The molecule has 2 nitrogen and oxygen atoms in total. The molecule has 0 aromatic rings. The lowest BCUT2D eigenvalue weighted by Crippen LogP contribution is -2.26. The van der Waals surface area contributed by atoms with Gasteiger partial charge in [-0.05, 0) is 6.42 Å². The highest BCUT2D eigenvalue weighted by Gasteiger charge is 2.09. The van der Waals surface area contributed by atoms with Crippen LogP contribution < -0.4 is 5.32 Å². The Bertz CT molecular complexity index is 117. The molecule has 0 aromatic heterocycles. The maximum atomic E-state index is 10.4. The molecule has 60 valence electrons. The molecule has 0 aliphatic heterocycles. The van der Waals surface area contributed by atoms with Crippen LogP contribution >= 0.6 is 12.6 Å². The van der Waals surface area contributed by atoms with Crippen LogP contribution in [0.2, 0.25) is 0 Å². The van der Waals surface area contributed by atoms with Gasteiger partial charge in [0.15, 0.2) is 0 Å². The molecule has 0 radical (unpaired) electrons. The topological polar surface area (TPSA) is 29.1 Å². The number of carbonyl (C=O) groups is 1. The third-order valence-electron chi connectivity index (χ3n) is 1.11. The summed E-state index contributed by atoms with van der Waals surface area (Å²) < 4.78 is 0.0163. The van der Waals surface area contributed by atoms with Crippen molar-refractivity contribution < 1.29 is 4.79 Å². The predicted octanol–water partition coefficient (Wildman–Crippen LogP) is 1.22. The van der Waals surface area contributed by atoms with E-state index < -0.39 is 0 Å². The first-order valence-corrected chi connectivity index (χ1v) is 3.83. The van der Waals surface area contributed by atoms with Crippen molar-refractivity contribution in [1.29, 1.82) is 0 Å². The Morgan fingerprint density at radius 3 is 2.40 bits per heavy atom. The van der Waals surface area contributed by atoms with Crippen LogP contribution in [0.1, 0.15) is 27.2 Å². The molecule has 0 fully saturated rings. The molecule has 0 unspecified atom stereocenters. The van der Waals surface area contributed by atoms with Crippen LogP contribution in [-0.4, -0.2) is 17.2 Å². The summed E-state index contributed by atoms with van der Waals surface area (Å²) in [6, 6.07) is 0. The van der Waals surface area contributed by atoms with Crippen LogP contribution in [0, 0.1) is 0 Å². The number of nitrogens with one attached hydrogen (secondary N) is 1. The maximum Gasteiger partial charge on any atom is 0.216 e. The fourth-order valence-corrected chi connectivity index (χ4v) is 0.656. The molecule has 0 bridgehead atoms. The average Bonchev–Trinajstić information content (AvgIpc) is 1.59. The van der Waals surface area contributed by atoms with Gasteiger partial charge in [-0.1, -0.05) is 13.8 Å². The highest BCUT2D eigenvalue weighted by atomic mass is 32.1. The second-order valence-corrected chi connectivity index (χ2v) is 4.26. The average molecular weight is 161 g/mol. The number of thiol groups is 1. The molecule has 1 amide bonds. The zero-order valence-electron chi connectivity index (χ0n) is 6.77. The van der Waals surface area contributed by atoms with Gasteiger partial charge in [-0.3, -0.25) is 4.79 Å². The van der Waals surface area contributed by atoms with Crippen molar-refractivity contribution in [3.63, 3.8) is 0 Å². The minimum absolute atomic E-state index is 0.0163. The molecule has 0 saturated heterocycles. The van der Waals surface area contributed by atoms with Crippen LogP contribution in [-0.2, 0) is 4.79 Å². The number of hydrogen-bond acceptors (Lipinski definition) is 2. The molecule has 1 N–H and O–H groups in total. The van der Waals surface area contributed by atoms with E-state index in [-0.39, 0.29) is 10.7 Å². The largest absolute Gasteiger partial charge is 0.356 e. The summed E-state index contributed by atoms with van der Waals surface area (Å²) in [5.41, 5.74) is 0. The summed E-state index contributed by atoms with van der Waals surface area (Å²) in [4.78, 5) is 10.4. The molecule has 10 heavy (non-hydrogen) atoms. The van der Waals surface area contributed by atoms with Crippen molar-refractivity contribution in [3.8, 4) is 0 Å². The Morgan fingerprint density at radius 1 is 1.60 bits per heavy atom. The minimum Gasteiger partial charge on any atom is -0.356 e. The Balaban J connectivity index is 3.29. The number of amides is 1. The summed E-state index contributed by atoms with van der Waals surface area (Å²) in [5, 5.41) is 2.71. The quantitative estimate of drug-likeness (QED) is 0.599. The first kappa shape index (κ1) is 9.82. The molecular formula is C7H15NOS. The molecule has 0 rings (SSSR count). The second kappa shape index (κ2) is 3.86. The van der Waals surface area contributed by atoms with E-state index >= 15 is 0 Å². The summed E-state index contributed by atoms with van der Waals surface area (Å²) in [7, 11) is 0. The van der Waals surface area contributed by atoms with Gasteiger partial charge in [-0.25, -0.2) is 0 Å². The van der Waals surface area contributed by atoms with E-state index in [0.717, 1.165) is 6.42 Å². The van der Waals surface area contributed by atoms with Crippen LogP contribution in [0.25, 0.3) is 0 Å². The van der Waals surface area contributed by atoms with Crippen molar-refractivity contribution in [2.75, 3.05) is 6.54 Å². The fraction of sp³-hybridized carbons (Fsp3) is 0.857. The van der Waals surface area contributed by atoms with E-state index in [4.69, 9.17) is 0 Å². The van der Waals surface area contributed by atoms with Crippen molar-refractivity contribution in [2.24, 2.45) is 0 Å². The molecule has 0 aliphatic carbocycles. The van der Waals surface area contributed by atoms with E-state index in [9.17, 15) is 4.79 Å². The van der Waals surface area contributed by atoms with Crippen LogP contribution in [0.3, 0.4) is 0 Å². The Morgan fingerprint density at radius 2 is 2.10 bits per heavy atom. The molecule has 0 heterocycles. The molecule has 0 saturated carbocycles. The van der Waals surface area contributed by atoms with Gasteiger partial charge in [0.1, 0.15) is 0 Å². The standard InChI is InChI=1S/C7H15NOS/c1-6(9)8-5-4-7(2,3)10/h10H,4-5H2,1-3H3,(H,8,9). The predicted molar refractivity (Wildman–Crippen MR) is 46.4 cm³/mol. The minimum atomic E-state index is 0.0163. The van der Waals surface area contributed by atoms with Crippen molar-refractivity contribution in [3.05, 3.63) is 0 Å². The van der Waals surface area contributed by atoms with Crippen LogP contribution in [0.15, 0.2) is 0 Å². The summed E-state index contributed by atoms with van der Waals surface area (Å²) in [6.45, 7) is 6.28. The van der Waals surface area contributed by atoms with Gasteiger partial charge in [0.2, 0.25) is 5.91 Å². The van der Waals surface area contributed by atoms with E-state index in [1.807, 2.05) is 13.8 Å². The van der Waals surface area contributed by atoms with Gasteiger partial charge in [0.25, 0.3) is 0 Å². The molecule has 0 atom stereocenters. The molecule has 0 aromatic carbocycles. The van der Waals surface area contributed by atoms with Gasteiger partial charge in [0, 0.05) is 18.2 Å². The lowest BCUT2D eigenvalue weighted by molar-refractivity contribution is -0.118. The Kier molecular flexibility index (Phi) is 3.79. The van der Waals surface area contributed by atoms with Gasteiger partial charge >= 0.3 is 0 Å². The lowest BCUT2D eigenvalue weighted by Gasteiger charge is -2.16. The SMILES string of the molecule is CC(=O)NCCC(C)(C)S. The highest BCUT2D eigenvalue weighted by molar-refractivity contribution is 7.81. The second-order valence-electron chi connectivity index (χ2n) is 3.05. The highest BCUT2D eigenvalue weighted by Crippen LogP contribution is 2.15. The fourth-order valence-electron chi connectivity index (χ4n) is 0.544. The third-order valence-corrected chi connectivity index (χ3v) is 1.33. The van der Waals surface area contributed by atoms with Crippen molar-refractivity contribution in [2.45, 2.75) is 31.9 Å². The Hall–Kier alpha value is -0.180. The van der Waals surface area contributed by atoms with Gasteiger partial charge in [0.05, 0.1) is 0 Å². The van der Waals surface area contributed by atoms with E-state index in [2.05, 4.69) is 17.9 Å². The van der Waals surface area contributed by atoms with Gasteiger partial charge in [-0.2, -0.15) is 12.6 Å². The monoisotopic (exact) mass is 161 g/mol. The zero-order valence-corrected chi connectivity index (χ0v) is 7.66. The molecule has 0 spiro atoms. The summed E-state index contributed by atoms with van der Waals surface area (Å²) in [6.07, 6.45) is 0.899. The number of rotatable bonds is 3. The summed E-state index contributed by atoms with van der Waals surface area (Å²) >= 11 is 4.31. The van der Waals surface area contributed by atoms with Crippen molar-refractivity contribution >= 4 is 18.5 Å². The normalized spacial score (nSPS) is 11.2. The zero-order chi connectivity index (χ0) is 8.20.